The van der Waals surface area contributed by atoms with Gasteiger partial charge in [-0.2, -0.15) is 0 Å². The molecular formula is C9H18F2N2O2. The van der Waals surface area contributed by atoms with Gasteiger partial charge in [0.2, 0.25) is 5.91 Å². The molecule has 0 saturated carbocycles. The van der Waals surface area contributed by atoms with E-state index in [4.69, 9.17) is 10.8 Å². The average Bonchev–Trinajstić information content (AvgIpc) is 2.13. The molecule has 0 saturated heterocycles. The predicted molar refractivity (Wildman–Crippen MR) is 52.5 cm³/mol. The van der Waals surface area contributed by atoms with Gasteiger partial charge in [0, 0.05) is 0 Å². The lowest BCUT2D eigenvalue weighted by molar-refractivity contribution is -0.125. The van der Waals surface area contributed by atoms with E-state index in [0.717, 1.165) is 0 Å². The summed E-state index contributed by atoms with van der Waals surface area (Å²) in [6.07, 6.45) is 0.441. The Morgan fingerprint density at radius 3 is 2.47 bits per heavy atom. The topological polar surface area (TPSA) is 75.4 Å². The van der Waals surface area contributed by atoms with Crippen LogP contribution in [-0.2, 0) is 4.79 Å². The Morgan fingerprint density at radius 1 is 1.53 bits per heavy atom. The molecule has 15 heavy (non-hydrogen) atoms. The molecule has 0 aromatic heterocycles. The molecule has 1 atom stereocenters. The van der Waals surface area contributed by atoms with Crippen LogP contribution in [0.4, 0.5) is 8.78 Å². The normalized spacial score (nSPS) is 14.1. The van der Waals surface area contributed by atoms with Gasteiger partial charge in [-0.3, -0.25) is 4.79 Å². The fourth-order valence-corrected chi connectivity index (χ4v) is 1.02. The highest BCUT2D eigenvalue weighted by Crippen LogP contribution is 2.10. The van der Waals surface area contributed by atoms with Crippen molar-refractivity contribution in [3.05, 3.63) is 0 Å². The van der Waals surface area contributed by atoms with Gasteiger partial charge in [0.05, 0.1) is 12.6 Å². The first-order valence-electron chi connectivity index (χ1n) is 4.80. The molecular weight excluding hydrogens is 206 g/mol. The third-order valence-electron chi connectivity index (χ3n) is 1.81. The van der Waals surface area contributed by atoms with Gasteiger partial charge in [-0.05, 0) is 12.3 Å². The van der Waals surface area contributed by atoms with E-state index in [9.17, 15) is 13.6 Å². The van der Waals surface area contributed by atoms with Crippen LogP contribution in [0.3, 0.4) is 0 Å². The summed E-state index contributed by atoms with van der Waals surface area (Å²) < 4.78 is 25.1. The minimum atomic E-state index is -3.28. The van der Waals surface area contributed by atoms with Gasteiger partial charge in [0.15, 0.2) is 0 Å². The number of carbonyl (C=O) groups excluding carboxylic acids is 1. The van der Waals surface area contributed by atoms with Gasteiger partial charge in [0.25, 0.3) is 5.92 Å². The first kappa shape index (κ1) is 14.2. The number of rotatable bonds is 6. The minimum absolute atomic E-state index is 0.226. The summed E-state index contributed by atoms with van der Waals surface area (Å²) in [7, 11) is 0. The quantitative estimate of drug-likeness (QED) is 0.599. The summed E-state index contributed by atoms with van der Waals surface area (Å²) in [5.74, 6) is -3.67. The Labute approximate surface area is 87.8 Å². The largest absolute Gasteiger partial charge is 0.390 e. The predicted octanol–water partition coefficient (Wildman–Crippen LogP) is 0.104. The van der Waals surface area contributed by atoms with Crippen LogP contribution in [0.15, 0.2) is 0 Å². The molecule has 0 aromatic rings. The molecule has 0 unspecified atom stereocenters. The summed E-state index contributed by atoms with van der Waals surface area (Å²) in [6.45, 7) is 1.60. The lowest BCUT2D eigenvalue weighted by Gasteiger charge is -2.17. The molecule has 1 amide bonds. The van der Waals surface area contributed by atoms with Gasteiger partial charge in [0.1, 0.15) is 6.61 Å². The molecule has 0 fully saturated rings. The van der Waals surface area contributed by atoms with E-state index in [0.29, 0.717) is 6.42 Å². The van der Waals surface area contributed by atoms with Gasteiger partial charge < -0.3 is 16.2 Å². The highest BCUT2D eigenvalue weighted by Gasteiger charge is 2.29. The zero-order valence-corrected chi connectivity index (χ0v) is 8.96. The number of aliphatic hydroxyl groups is 1. The maximum absolute atomic E-state index is 12.5. The van der Waals surface area contributed by atoms with Crippen LogP contribution >= 0.6 is 0 Å². The molecule has 0 aliphatic rings. The van der Waals surface area contributed by atoms with E-state index in [-0.39, 0.29) is 5.92 Å². The molecule has 0 spiro atoms. The number of carbonyl (C=O) groups is 1. The SMILES string of the molecule is CC(C)C[C@@H](N)C(=O)NCC(F)(F)CO. The molecule has 0 bridgehead atoms. The van der Waals surface area contributed by atoms with Crippen molar-refractivity contribution >= 4 is 5.91 Å². The summed E-state index contributed by atoms with van der Waals surface area (Å²) >= 11 is 0. The highest BCUT2D eigenvalue weighted by atomic mass is 19.3. The summed E-state index contributed by atoms with van der Waals surface area (Å²) in [5.41, 5.74) is 5.47. The fourth-order valence-electron chi connectivity index (χ4n) is 1.02. The molecule has 4 N–H and O–H groups in total. The van der Waals surface area contributed by atoms with Crippen LogP contribution in [0.1, 0.15) is 20.3 Å². The second-order valence-corrected chi connectivity index (χ2v) is 3.97. The van der Waals surface area contributed by atoms with Crippen LogP contribution in [-0.4, -0.2) is 36.1 Å². The monoisotopic (exact) mass is 224 g/mol. The van der Waals surface area contributed by atoms with Crippen LogP contribution in [0.25, 0.3) is 0 Å². The first-order chi connectivity index (χ1) is 6.78. The third-order valence-corrected chi connectivity index (χ3v) is 1.81. The van der Waals surface area contributed by atoms with Crippen LogP contribution in [0.5, 0.6) is 0 Å². The zero-order chi connectivity index (χ0) is 12.1. The van der Waals surface area contributed by atoms with Crippen LogP contribution < -0.4 is 11.1 Å². The summed E-state index contributed by atoms with van der Waals surface area (Å²) in [5, 5.41) is 10.3. The number of amides is 1. The standard InChI is InChI=1S/C9H18F2N2O2/c1-6(2)3-7(12)8(15)13-4-9(10,11)5-14/h6-7,14H,3-5,12H2,1-2H3,(H,13,15)/t7-/m1/s1. The zero-order valence-electron chi connectivity index (χ0n) is 8.96. The Hall–Kier alpha value is -0.750. The number of alkyl halides is 2. The molecule has 0 aliphatic heterocycles. The average molecular weight is 224 g/mol. The van der Waals surface area contributed by atoms with Crippen molar-refractivity contribution in [3.8, 4) is 0 Å². The maximum atomic E-state index is 12.5. The highest BCUT2D eigenvalue weighted by molar-refractivity contribution is 5.81. The number of nitrogens with two attached hydrogens (primary N) is 1. The lowest BCUT2D eigenvalue weighted by atomic mass is 10.0. The summed E-state index contributed by atoms with van der Waals surface area (Å²) in [4.78, 5) is 11.2. The minimum Gasteiger partial charge on any atom is -0.390 e. The second kappa shape index (κ2) is 5.97. The van der Waals surface area contributed by atoms with Crippen LogP contribution in [0, 0.1) is 5.92 Å². The van der Waals surface area contributed by atoms with E-state index in [1.165, 1.54) is 0 Å². The number of hydrogen-bond acceptors (Lipinski definition) is 3. The van der Waals surface area contributed by atoms with E-state index in [2.05, 4.69) is 0 Å². The van der Waals surface area contributed by atoms with Gasteiger partial charge in [-0.1, -0.05) is 13.8 Å². The Morgan fingerprint density at radius 2 is 2.07 bits per heavy atom. The van der Waals surface area contributed by atoms with Gasteiger partial charge in [-0.15, -0.1) is 0 Å². The lowest BCUT2D eigenvalue weighted by Crippen LogP contribution is -2.46. The summed E-state index contributed by atoms with van der Waals surface area (Å²) in [6, 6.07) is -0.778. The molecule has 6 heteroatoms. The van der Waals surface area contributed by atoms with E-state index in [1.807, 2.05) is 19.2 Å². The van der Waals surface area contributed by atoms with Crippen molar-refractivity contribution in [1.29, 1.82) is 0 Å². The third kappa shape index (κ3) is 6.35. The van der Waals surface area contributed by atoms with Crippen molar-refractivity contribution < 1.29 is 18.7 Å². The van der Waals surface area contributed by atoms with Crippen molar-refractivity contribution in [2.45, 2.75) is 32.2 Å². The van der Waals surface area contributed by atoms with E-state index >= 15 is 0 Å². The molecule has 4 nitrogen and oxygen atoms in total. The van der Waals surface area contributed by atoms with E-state index in [1.54, 1.807) is 0 Å². The maximum Gasteiger partial charge on any atom is 0.287 e. The van der Waals surface area contributed by atoms with Crippen molar-refractivity contribution in [2.24, 2.45) is 11.7 Å². The molecule has 0 aliphatic carbocycles. The van der Waals surface area contributed by atoms with Crippen molar-refractivity contribution in [1.82, 2.24) is 5.32 Å². The van der Waals surface area contributed by atoms with Gasteiger partial charge in [-0.25, -0.2) is 8.78 Å². The molecule has 0 heterocycles. The smallest absolute Gasteiger partial charge is 0.287 e. The number of nitrogens with one attached hydrogen (secondary N) is 1. The number of halogens is 2. The molecule has 0 aromatic carbocycles. The molecule has 0 radical (unpaired) electrons. The van der Waals surface area contributed by atoms with Gasteiger partial charge >= 0.3 is 0 Å². The van der Waals surface area contributed by atoms with Crippen molar-refractivity contribution in [3.63, 3.8) is 0 Å². The number of aliphatic hydroxyl groups excluding tert-OH is 1. The van der Waals surface area contributed by atoms with Crippen molar-refractivity contribution in [2.75, 3.05) is 13.2 Å². The second-order valence-electron chi connectivity index (χ2n) is 3.97. The first-order valence-corrected chi connectivity index (χ1v) is 4.80. The molecule has 0 rings (SSSR count). The Kier molecular flexibility index (Phi) is 5.67. The number of hydrogen-bond donors (Lipinski definition) is 3. The van der Waals surface area contributed by atoms with E-state index < -0.39 is 31.0 Å². The Bertz CT molecular complexity index is 210. The molecule has 90 valence electrons. The fraction of sp³-hybridized carbons (Fsp3) is 0.889. The van der Waals surface area contributed by atoms with Crippen LogP contribution in [0.2, 0.25) is 0 Å². The Balaban J connectivity index is 3.93.